The molecule has 0 fully saturated rings. The van der Waals surface area contributed by atoms with E-state index in [2.05, 4.69) is 5.32 Å². The molecule has 0 aliphatic rings. The quantitative estimate of drug-likeness (QED) is 0.813. The van der Waals surface area contributed by atoms with E-state index in [0.29, 0.717) is 16.6 Å². The third kappa shape index (κ3) is 3.94. The lowest BCUT2D eigenvalue weighted by Crippen LogP contribution is -2.19. The van der Waals surface area contributed by atoms with Gasteiger partial charge in [-0.2, -0.15) is 0 Å². The predicted molar refractivity (Wildman–Crippen MR) is 64.2 cm³/mol. The Kier molecular flexibility index (Phi) is 4.66. The fourth-order valence-electron chi connectivity index (χ4n) is 1.02. The SMILES string of the molecule is CCNC(=O)/C=C\c1ccc(Cl)c(Cl)c1. The Morgan fingerprint density at radius 1 is 1.40 bits per heavy atom. The molecule has 1 N–H and O–H groups in total. The first kappa shape index (κ1) is 12.1. The van der Waals surface area contributed by atoms with Crippen molar-refractivity contribution in [1.82, 2.24) is 5.32 Å². The van der Waals surface area contributed by atoms with E-state index in [1.807, 2.05) is 6.92 Å². The molecule has 4 heteroatoms. The van der Waals surface area contributed by atoms with E-state index in [-0.39, 0.29) is 5.91 Å². The molecule has 80 valence electrons. The van der Waals surface area contributed by atoms with Crippen molar-refractivity contribution in [2.24, 2.45) is 0 Å². The zero-order valence-electron chi connectivity index (χ0n) is 8.26. The Labute approximate surface area is 98.9 Å². The molecule has 2 nitrogen and oxygen atoms in total. The summed E-state index contributed by atoms with van der Waals surface area (Å²) in [5, 5.41) is 3.64. The largest absolute Gasteiger partial charge is 0.353 e. The van der Waals surface area contributed by atoms with Gasteiger partial charge in [-0.1, -0.05) is 29.3 Å². The second-order valence-electron chi connectivity index (χ2n) is 2.90. The zero-order valence-corrected chi connectivity index (χ0v) is 9.77. The molecule has 0 radical (unpaired) electrons. The topological polar surface area (TPSA) is 29.1 Å². The summed E-state index contributed by atoms with van der Waals surface area (Å²) in [6, 6.07) is 5.20. The average Bonchev–Trinajstić information content (AvgIpc) is 2.20. The fourth-order valence-corrected chi connectivity index (χ4v) is 1.33. The molecule has 15 heavy (non-hydrogen) atoms. The summed E-state index contributed by atoms with van der Waals surface area (Å²) in [6.45, 7) is 2.48. The number of amides is 1. The standard InChI is InChI=1S/C11H11Cl2NO/c1-2-14-11(15)6-4-8-3-5-9(12)10(13)7-8/h3-7H,2H2,1H3,(H,14,15)/b6-4-. The summed E-state index contributed by atoms with van der Waals surface area (Å²) in [7, 11) is 0. The monoisotopic (exact) mass is 243 g/mol. The molecule has 0 aliphatic carbocycles. The van der Waals surface area contributed by atoms with Gasteiger partial charge in [-0.05, 0) is 30.7 Å². The second-order valence-corrected chi connectivity index (χ2v) is 3.72. The highest BCUT2D eigenvalue weighted by Crippen LogP contribution is 2.22. The molecule has 0 saturated carbocycles. The van der Waals surface area contributed by atoms with E-state index >= 15 is 0 Å². The first-order chi connectivity index (χ1) is 7.13. The number of carbonyl (C=O) groups is 1. The number of nitrogens with one attached hydrogen (secondary N) is 1. The summed E-state index contributed by atoms with van der Waals surface area (Å²) in [6.07, 6.45) is 3.15. The van der Waals surface area contributed by atoms with Gasteiger partial charge in [0.1, 0.15) is 0 Å². The Balaban J connectivity index is 2.72. The van der Waals surface area contributed by atoms with Crippen molar-refractivity contribution in [2.75, 3.05) is 6.54 Å². The third-order valence-electron chi connectivity index (χ3n) is 1.72. The van der Waals surface area contributed by atoms with E-state index in [0.717, 1.165) is 5.56 Å². The molecule has 1 rings (SSSR count). The van der Waals surface area contributed by atoms with Crippen LogP contribution in [0.4, 0.5) is 0 Å². The normalized spacial score (nSPS) is 10.6. The number of hydrogen-bond acceptors (Lipinski definition) is 1. The van der Waals surface area contributed by atoms with Crippen molar-refractivity contribution < 1.29 is 4.79 Å². The van der Waals surface area contributed by atoms with Gasteiger partial charge in [-0.25, -0.2) is 0 Å². The second kappa shape index (κ2) is 5.79. The van der Waals surface area contributed by atoms with Gasteiger partial charge in [0.15, 0.2) is 0 Å². The highest BCUT2D eigenvalue weighted by Gasteiger charge is 1.97. The van der Waals surface area contributed by atoms with Crippen molar-refractivity contribution in [2.45, 2.75) is 6.92 Å². The average molecular weight is 244 g/mol. The Bertz CT molecular complexity index is 388. The van der Waals surface area contributed by atoms with Crippen molar-refractivity contribution in [3.05, 3.63) is 39.9 Å². The van der Waals surface area contributed by atoms with Crippen LogP contribution in [0.1, 0.15) is 12.5 Å². The molecular weight excluding hydrogens is 233 g/mol. The third-order valence-corrected chi connectivity index (χ3v) is 2.46. The molecule has 0 spiro atoms. The summed E-state index contributed by atoms with van der Waals surface area (Å²) in [5.41, 5.74) is 0.843. The fraction of sp³-hybridized carbons (Fsp3) is 0.182. The molecule has 0 aliphatic heterocycles. The zero-order chi connectivity index (χ0) is 11.3. The molecule has 0 saturated heterocycles. The number of likely N-dealkylation sites (N-methyl/N-ethyl adjacent to an activating group) is 1. The molecule has 1 aromatic carbocycles. The number of hydrogen-bond donors (Lipinski definition) is 1. The Morgan fingerprint density at radius 2 is 2.13 bits per heavy atom. The molecule has 0 unspecified atom stereocenters. The van der Waals surface area contributed by atoms with E-state index < -0.39 is 0 Å². The smallest absolute Gasteiger partial charge is 0.243 e. The van der Waals surface area contributed by atoms with Crippen LogP contribution in [0.25, 0.3) is 6.08 Å². The van der Waals surface area contributed by atoms with Crippen LogP contribution in [0.5, 0.6) is 0 Å². The number of rotatable bonds is 3. The maximum absolute atomic E-state index is 11.1. The van der Waals surface area contributed by atoms with Crippen molar-refractivity contribution in [3.63, 3.8) is 0 Å². The minimum Gasteiger partial charge on any atom is -0.353 e. The van der Waals surface area contributed by atoms with Gasteiger partial charge in [-0.15, -0.1) is 0 Å². The first-order valence-corrected chi connectivity index (χ1v) is 5.30. The van der Waals surface area contributed by atoms with Crippen LogP contribution in [0.3, 0.4) is 0 Å². The van der Waals surface area contributed by atoms with Crippen molar-refractivity contribution in [1.29, 1.82) is 0 Å². The summed E-state index contributed by atoms with van der Waals surface area (Å²) < 4.78 is 0. The lowest BCUT2D eigenvalue weighted by atomic mass is 10.2. The maximum Gasteiger partial charge on any atom is 0.243 e. The number of carbonyl (C=O) groups excluding carboxylic acids is 1. The van der Waals surface area contributed by atoms with Gasteiger partial charge in [-0.3, -0.25) is 4.79 Å². The molecule has 0 aromatic heterocycles. The first-order valence-electron chi connectivity index (χ1n) is 4.54. The van der Waals surface area contributed by atoms with Crippen molar-refractivity contribution >= 4 is 35.2 Å². The summed E-state index contributed by atoms with van der Waals surface area (Å²) in [4.78, 5) is 11.1. The highest BCUT2D eigenvalue weighted by atomic mass is 35.5. The van der Waals surface area contributed by atoms with Crippen LogP contribution in [0, 0.1) is 0 Å². The van der Waals surface area contributed by atoms with Gasteiger partial charge in [0.05, 0.1) is 10.0 Å². The molecular formula is C11H11Cl2NO. The van der Waals surface area contributed by atoms with Gasteiger partial charge in [0.2, 0.25) is 5.91 Å². The van der Waals surface area contributed by atoms with Gasteiger partial charge >= 0.3 is 0 Å². The number of halogens is 2. The van der Waals surface area contributed by atoms with Gasteiger partial charge in [0, 0.05) is 12.6 Å². The summed E-state index contributed by atoms with van der Waals surface area (Å²) in [5.74, 6) is -0.122. The Morgan fingerprint density at radius 3 is 2.73 bits per heavy atom. The summed E-state index contributed by atoms with van der Waals surface area (Å²) >= 11 is 11.6. The molecule has 1 aromatic rings. The lowest BCUT2D eigenvalue weighted by Gasteiger charge is -1.98. The highest BCUT2D eigenvalue weighted by molar-refractivity contribution is 6.42. The minimum atomic E-state index is -0.122. The van der Waals surface area contributed by atoms with Crippen LogP contribution in [-0.4, -0.2) is 12.5 Å². The van der Waals surface area contributed by atoms with Gasteiger partial charge in [0.25, 0.3) is 0 Å². The maximum atomic E-state index is 11.1. The molecule has 0 atom stereocenters. The molecule has 0 bridgehead atoms. The van der Waals surface area contributed by atoms with Crippen LogP contribution in [-0.2, 0) is 4.79 Å². The number of benzene rings is 1. The molecule has 1 amide bonds. The van der Waals surface area contributed by atoms with Crippen LogP contribution < -0.4 is 5.32 Å². The van der Waals surface area contributed by atoms with E-state index in [1.165, 1.54) is 6.08 Å². The van der Waals surface area contributed by atoms with E-state index in [4.69, 9.17) is 23.2 Å². The van der Waals surface area contributed by atoms with Gasteiger partial charge < -0.3 is 5.32 Å². The van der Waals surface area contributed by atoms with E-state index in [1.54, 1.807) is 24.3 Å². The lowest BCUT2D eigenvalue weighted by molar-refractivity contribution is -0.116. The van der Waals surface area contributed by atoms with Crippen molar-refractivity contribution in [3.8, 4) is 0 Å². The minimum absolute atomic E-state index is 0.122. The molecule has 0 heterocycles. The van der Waals surface area contributed by atoms with Crippen LogP contribution in [0.15, 0.2) is 24.3 Å². The Hall–Kier alpha value is -0.990. The van der Waals surface area contributed by atoms with Crippen LogP contribution in [0.2, 0.25) is 10.0 Å². The predicted octanol–water partition coefficient (Wildman–Crippen LogP) is 3.14. The van der Waals surface area contributed by atoms with Crippen LogP contribution >= 0.6 is 23.2 Å². The van der Waals surface area contributed by atoms with E-state index in [9.17, 15) is 4.79 Å².